The highest BCUT2D eigenvalue weighted by Crippen LogP contribution is 2.29. The zero-order chi connectivity index (χ0) is 23.3. The van der Waals surface area contributed by atoms with Crippen LogP contribution in [0.4, 0.5) is 5.69 Å². The zero-order valence-electron chi connectivity index (χ0n) is 19.4. The van der Waals surface area contributed by atoms with E-state index in [0.29, 0.717) is 25.1 Å². The van der Waals surface area contributed by atoms with Gasteiger partial charge in [0.2, 0.25) is 0 Å². The van der Waals surface area contributed by atoms with Gasteiger partial charge in [0, 0.05) is 30.8 Å². The van der Waals surface area contributed by atoms with Crippen molar-refractivity contribution >= 4 is 17.9 Å². The Labute approximate surface area is 191 Å². The molecule has 0 bridgehead atoms. The van der Waals surface area contributed by atoms with Crippen molar-refractivity contribution in [3.8, 4) is 16.9 Å². The molecule has 2 aromatic rings. The quantitative estimate of drug-likeness (QED) is 0.214. The maximum absolute atomic E-state index is 11.8. The van der Waals surface area contributed by atoms with Crippen LogP contribution in [0.2, 0.25) is 0 Å². The lowest BCUT2D eigenvalue weighted by molar-refractivity contribution is -0.137. The first-order valence-electron chi connectivity index (χ1n) is 11.4. The average molecular weight is 442 g/mol. The van der Waals surface area contributed by atoms with E-state index in [9.17, 15) is 9.59 Å². The lowest BCUT2D eigenvalue weighted by Gasteiger charge is -2.26. The molecule has 0 aromatic heterocycles. The van der Waals surface area contributed by atoms with Gasteiger partial charge in [0.05, 0.1) is 6.61 Å². The molecule has 0 fully saturated rings. The number of rotatable bonds is 15. The maximum atomic E-state index is 11.8. The third-order valence-corrected chi connectivity index (χ3v) is 5.15. The summed E-state index contributed by atoms with van der Waals surface area (Å²) >= 11 is 0. The first-order chi connectivity index (χ1) is 15.5. The summed E-state index contributed by atoms with van der Waals surface area (Å²) in [5.74, 6) is -0.0701. The molecule has 2 rings (SSSR count). The Morgan fingerprint density at radius 3 is 2.38 bits per heavy atom. The van der Waals surface area contributed by atoms with Crippen molar-refractivity contribution in [1.82, 2.24) is 0 Å². The van der Waals surface area contributed by atoms with Crippen LogP contribution in [0.25, 0.3) is 11.1 Å². The van der Waals surface area contributed by atoms with Gasteiger partial charge in [0.25, 0.3) is 0 Å². The van der Waals surface area contributed by atoms with Gasteiger partial charge in [-0.25, -0.2) is 0 Å². The van der Waals surface area contributed by atoms with Gasteiger partial charge in [0.1, 0.15) is 5.75 Å². The number of carbonyl (C=O) groups excluding carboxylic acids is 1. The normalized spacial score (nSPS) is 11.7. The Hall–Kier alpha value is -2.86. The largest absolute Gasteiger partial charge is 0.481 e. The third kappa shape index (κ3) is 8.00. The van der Waals surface area contributed by atoms with E-state index in [1.54, 1.807) is 0 Å². The summed E-state index contributed by atoms with van der Waals surface area (Å²) in [7, 11) is 0. The number of aliphatic carboxylic acids is 1. The number of anilines is 1. The van der Waals surface area contributed by atoms with Crippen LogP contribution in [0.1, 0.15) is 63.2 Å². The SMILES string of the molecule is CCCCOC(C)Oc1ccc(-c2ccc(N(CCC)CCCC(=O)O)c(C=O)c2)cc1. The molecule has 2 aromatic carbocycles. The standard InChI is InChI=1S/C26H35NO5/c1-4-6-17-31-20(3)32-24-12-9-21(10-13-24)22-11-14-25(23(18-22)19-28)27(15-5-2)16-7-8-26(29)30/h9-14,18-20H,4-8,15-17H2,1-3H3,(H,29,30). The Morgan fingerprint density at radius 1 is 1.03 bits per heavy atom. The fourth-order valence-corrected chi connectivity index (χ4v) is 3.51. The van der Waals surface area contributed by atoms with E-state index in [4.69, 9.17) is 14.6 Å². The Balaban J connectivity index is 2.12. The van der Waals surface area contributed by atoms with E-state index in [0.717, 1.165) is 54.7 Å². The summed E-state index contributed by atoms with van der Waals surface area (Å²) in [6.45, 7) is 8.13. The third-order valence-electron chi connectivity index (χ3n) is 5.15. The van der Waals surface area contributed by atoms with E-state index in [2.05, 4.69) is 18.7 Å². The van der Waals surface area contributed by atoms with Gasteiger partial charge < -0.3 is 19.5 Å². The smallest absolute Gasteiger partial charge is 0.303 e. The molecule has 1 atom stereocenters. The molecule has 0 heterocycles. The number of carboxylic acids is 1. The number of benzene rings is 2. The van der Waals surface area contributed by atoms with Crippen molar-refractivity contribution in [3.05, 3.63) is 48.0 Å². The number of aldehydes is 1. The molecule has 0 aliphatic rings. The molecule has 0 amide bonds. The second-order valence-electron chi connectivity index (χ2n) is 7.81. The number of ether oxygens (including phenoxy) is 2. The van der Waals surface area contributed by atoms with Crippen LogP contribution in [0.5, 0.6) is 5.75 Å². The fraction of sp³-hybridized carbons (Fsp3) is 0.462. The summed E-state index contributed by atoms with van der Waals surface area (Å²) in [5.41, 5.74) is 3.37. The number of nitrogens with zero attached hydrogens (tertiary/aromatic N) is 1. The first kappa shape index (κ1) is 25.4. The fourth-order valence-electron chi connectivity index (χ4n) is 3.51. The summed E-state index contributed by atoms with van der Waals surface area (Å²) < 4.78 is 11.4. The lowest BCUT2D eigenvalue weighted by atomic mass is 10.0. The number of carbonyl (C=O) groups is 2. The maximum Gasteiger partial charge on any atom is 0.303 e. The number of hydrogen-bond acceptors (Lipinski definition) is 5. The lowest BCUT2D eigenvalue weighted by Crippen LogP contribution is -2.26. The summed E-state index contributed by atoms with van der Waals surface area (Å²) in [4.78, 5) is 24.8. The molecule has 174 valence electrons. The second-order valence-corrected chi connectivity index (χ2v) is 7.81. The van der Waals surface area contributed by atoms with Gasteiger partial charge in [-0.15, -0.1) is 0 Å². The van der Waals surface area contributed by atoms with E-state index in [1.165, 1.54) is 0 Å². The Kier molecular flexibility index (Phi) is 10.7. The monoisotopic (exact) mass is 441 g/mol. The highest BCUT2D eigenvalue weighted by Gasteiger charge is 2.13. The zero-order valence-corrected chi connectivity index (χ0v) is 19.4. The first-order valence-corrected chi connectivity index (χ1v) is 11.4. The van der Waals surface area contributed by atoms with Crippen LogP contribution in [-0.4, -0.2) is 43.3 Å². The number of hydrogen-bond donors (Lipinski definition) is 1. The van der Waals surface area contributed by atoms with E-state index in [-0.39, 0.29) is 12.7 Å². The molecule has 6 heteroatoms. The summed E-state index contributed by atoms with van der Waals surface area (Å²) in [5, 5.41) is 8.92. The molecule has 32 heavy (non-hydrogen) atoms. The topological polar surface area (TPSA) is 76.1 Å². The van der Waals surface area contributed by atoms with Gasteiger partial charge in [-0.2, -0.15) is 0 Å². The van der Waals surface area contributed by atoms with Crippen LogP contribution in [0.15, 0.2) is 42.5 Å². The van der Waals surface area contributed by atoms with Crippen LogP contribution in [0, 0.1) is 0 Å². The molecular formula is C26H35NO5. The van der Waals surface area contributed by atoms with Gasteiger partial charge in [-0.3, -0.25) is 9.59 Å². The van der Waals surface area contributed by atoms with Crippen molar-refractivity contribution < 1.29 is 24.2 Å². The highest BCUT2D eigenvalue weighted by atomic mass is 16.7. The Bertz CT molecular complexity index is 850. The molecule has 0 aliphatic heterocycles. The minimum absolute atomic E-state index is 0.116. The predicted molar refractivity (Wildman–Crippen MR) is 128 cm³/mol. The van der Waals surface area contributed by atoms with Crippen LogP contribution >= 0.6 is 0 Å². The molecule has 1 unspecified atom stereocenters. The minimum Gasteiger partial charge on any atom is -0.481 e. The van der Waals surface area contributed by atoms with Gasteiger partial charge in [-0.05, 0) is 61.6 Å². The van der Waals surface area contributed by atoms with Crippen molar-refractivity contribution in [2.75, 3.05) is 24.6 Å². The number of carboxylic acid groups (broad SMARTS) is 1. The van der Waals surface area contributed by atoms with Crippen molar-refractivity contribution in [2.45, 2.75) is 59.2 Å². The molecule has 0 spiro atoms. The van der Waals surface area contributed by atoms with Crippen molar-refractivity contribution in [2.24, 2.45) is 0 Å². The second kappa shape index (κ2) is 13.5. The van der Waals surface area contributed by atoms with Gasteiger partial charge in [-0.1, -0.05) is 38.5 Å². The molecule has 0 saturated carbocycles. The molecule has 6 nitrogen and oxygen atoms in total. The van der Waals surface area contributed by atoms with Gasteiger partial charge in [0.15, 0.2) is 12.6 Å². The van der Waals surface area contributed by atoms with Crippen LogP contribution in [0.3, 0.4) is 0 Å². The molecule has 0 radical (unpaired) electrons. The average Bonchev–Trinajstić information content (AvgIpc) is 2.78. The summed E-state index contributed by atoms with van der Waals surface area (Å²) in [6.07, 6.45) is 4.22. The summed E-state index contributed by atoms with van der Waals surface area (Å²) in [6, 6.07) is 13.6. The van der Waals surface area contributed by atoms with Gasteiger partial charge >= 0.3 is 5.97 Å². The van der Waals surface area contributed by atoms with Crippen LogP contribution < -0.4 is 9.64 Å². The predicted octanol–water partition coefficient (Wildman–Crippen LogP) is 5.79. The number of unbranched alkanes of at least 4 members (excludes halogenated alkanes) is 1. The molecule has 0 aliphatic carbocycles. The van der Waals surface area contributed by atoms with E-state index >= 15 is 0 Å². The van der Waals surface area contributed by atoms with E-state index < -0.39 is 5.97 Å². The Morgan fingerprint density at radius 2 is 1.75 bits per heavy atom. The minimum atomic E-state index is -0.804. The molecular weight excluding hydrogens is 406 g/mol. The van der Waals surface area contributed by atoms with Crippen molar-refractivity contribution in [3.63, 3.8) is 0 Å². The van der Waals surface area contributed by atoms with Crippen molar-refractivity contribution in [1.29, 1.82) is 0 Å². The molecule has 0 saturated heterocycles. The van der Waals surface area contributed by atoms with Crippen LogP contribution in [-0.2, 0) is 9.53 Å². The highest BCUT2D eigenvalue weighted by molar-refractivity contribution is 5.87. The van der Waals surface area contributed by atoms with E-state index in [1.807, 2.05) is 49.4 Å². The molecule has 1 N–H and O–H groups in total.